The second-order valence-corrected chi connectivity index (χ2v) is 8.21. The number of carbonyl (C=O) groups is 2. The van der Waals surface area contributed by atoms with Crippen molar-refractivity contribution in [3.63, 3.8) is 0 Å². The lowest BCUT2D eigenvalue weighted by molar-refractivity contribution is 0.103. The lowest BCUT2D eigenvalue weighted by Crippen LogP contribution is -2.20. The van der Waals surface area contributed by atoms with Crippen LogP contribution in [0.15, 0.2) is 67.1 Å². The molecule has 3 N–H and O–H groups in total. The summed E-state index contributed by atoms with van der Waals surface area (Å²) < 4.78 is 42.3. The molecular formula is C25H14ClF3N6O2. The fourth-order valence-electron chi connectivity index (χ4n) is 3.53. The van der Waals surface area contributed by atoms with E-state index in [1.54, 1.807) is 18.6 Å². The SMILES string of the molecule is O=C(Nc1ccc(F)c(Cl)c1)Nc1cc(F)c(F)c(C(=O)c2ccc3ncc(-c4cn[nH]c4)nc3c2)c1. The molecule has 0 fully saturated rings. The molecule has 0 atom stereocenters. The molecular weight excluding hydrogens is 509 g/mol. The molecule has 0 radical (unpaired) electrons. The summed E-state index contributed by atoms with van der Waals surface area (Å²) >= 11 is 5.69. The van der Waals surface area contributed by atoms with Gasteiger partial charge in [0.15, 0.2) is 17.4 Å². The van der Waals surface area contributed by atoms with Crippen LogP contribution in [0.4, 0.5) is 29.3 Å². The Bertz CT molecular complexity index is 1680. The van der Waals surface area contributed by atoms with Crippen molar-refractivity contribution in [2.75, 3.05) is 10.6 Å². The average molecular weight is 523 g/mol. The Morgan fingerprint density at radius 1 is 0.865 bits per heavy atom. The number of amides is 2. The first-order valence-corrected chi connectivity index (χ1v) is 11.0. The van der Waals surface area contributed by atoms with Gasteiger partial charge in [-0.15, -0.1) is 0 Å². The number of fused-ring (bicyclic) bond motifs is 1. The largest absolute Gasteiger partial charge is 0.323 e. The molecule has 2 heterocycles. The van der Waals surface area contributed by atoms with E-state index in [1.165, 1.54) is 30.3 Å². The standard InChI is InChI=1S/C25H14ClF3N6O2/c26-17-7-14(2-3-18(17)27)33-25(37)34-15-6-16(23(29)19(28)8-15)24(36)12-1-4-20-21(5-12)35-22(11-30-20)13-9-31-32-10-13/h1-11H,(H,31,32)(H2,33,34,37). The highest BCUT2D eigenvalue weighted by Gasteiger charge is 2.20. The molecule has 0 bridgehead atoms. The van der Waals surface area contributed by atoms with Gasteiger partial charge in [-0.2, -0.15) is 5.10 Å². The maximum atomic E-state index is 14.6. The number of nitrogens with one attached hydrogen (secondary N) is 3. The van der Waals surface area contributed by atoms with Gasteiger partial charge in [0.2, 0.25) is 0 Å². The van der Waals surface area contributed by atoms with E-state index in [9.17, 15) is 22.8 Å². The van der Waals surface area contributed by atoms with E-state index < -0.39 is 34.8 Å². The van der Waals surface area contributed by atoms with Gasteiger partial charge in [0, 0.05) is 34.8 Å². The number of rotatable bonds is 5. The normalized spacial score (nSPS) is 10.9. The average Bonchev–Trinajstić information content (AvgIpc) is 3.42. The number of aromatic amines is 1. The predicted octanol–water partition coefficient (Wildman–Crippen LogP) is 5.97. The Morgan fingerprint density at radius 3 is 2.43 bits per heavy atom. The third kappa shape index (κ3) is 4.98. The number of anilines is 2. The Balaban J connectivity index is 1.42. The lowest BCUT2D eigenvalue weighted by atomic mass is 10.0. The number of ketones is 1. The van der Waals surface area contributed by atoms with Crippen LogP contribution in [-0.2, 0) is 0 Å². The summed E-state index contributed by atoms with van der Waals surface area (Å²) in [6, 6.07) is 8.75. The van der Waals surface area contributed by atoms with Gasteiger partial charge < -0.3 is 10.6 Å². The Kier molecular flexibility index (Phi) is 6.28. The van der Waals surface area contributed by atoms with E-state index in [2.05, 4.69) is 30.8 Å². The van der Waals surface area contributed by atoms with Gasteiger partial charge in [-0.3, -0.25) is 14.9 Å². The van der Waals surface area contributed by atoms with Crippen molar-refractivity contribution in [3.05, 3.63) is 101 Å². The monoisotopic (exact) mass is 522 g/mol. The number of carbonyl (C=O) groups excluding carboxylic acids is 2. The van der Waals surface area contributed by atoms with Crippen LogP contribution in [0.5, 0.6) is 0 Å². The van der Waals surface area contributed by atoms with Crippen molar-refractivity contribution in [1.29, 1.82) is 0 Å². The number of halogens is 4. The second-order valence-electron chi connectivity index (χ2n) is 7.80. The predicted molar refractivity (Wildman–Crippen MR) is 131 cm³/mol. The van der Waals surface area contributed by atoms with E-state index in [1.807, 2.05) is 0 Å². The van der Waals surface area contributed by atoms with Gasteiger partial charge in [-0.05, 0) is 42.5 Å². The van der Waals surface area contributed by atoms with Gasteiger partial charge in [0.25, 0.3) is 0 Å². The quantitative estimate of drug-likeness (QED) is 0.246. The van der Waals surface area contributed by atoms with E-state index in [4.69, 9.17) is 11.6 Å². The molecule has 37 heavy (non-hydrogen) atoms. The molecule has 0 unspecified atom stereocenters. The van der Waals surface area contributed by atoms with Gasteiger partial charge in [0.05, 0.1) is 39.7 Å². The van der Waals surface area contributed by atoms with Crippen molar-refractivity contribution >= 4 is 45.8 Å². The molecule has 0 saturated heterocycles. The van der Waals surface area contributed by atoms with Crippen LogP contribution in [0, 0.1) is 17.5 Å². The minimum Gasteiger partial charge on any atom is -0.308 e. The first-order chi connectivity index (χ1) is 17.8. The molecule has 184 valence electrons. The maximum absolute atomic E-state index is 14.6. The molecule has 0 spiro atoms. The molecule has 2 aromatic heterocycles. The van der Waals surface area contributed by atoms with Crippen LogP contribution >= 0.6 is 11.6 Å². The number of H-pyrrole nitrogens is 1. The van der Waals surface area contributed by atoms with Gasteiger partial charge >= 0.3 is 6.03 Å². The van der Waals surface area contributed by atoms with Crippen LogP contribution in [0.25, 0.3) is 22.3 Å². The van der Waals surface area contributed by atoms with Gasteiger partial charge in [-0.25, -0.2) is 22.9 Å². The van der Waals surface area contributed by atoms with Crippen molar-refractivity contribution in [3.8, 4) is 11.3 Å². The van der Waals surface area contributed by atoms with Crippen LogP contribution in [-0.4, -0.2) is 32.0 Å². The summed E-state index contributed by atoms with van der Waals surface area (Å²) in [4.78, 5) is 34.2. The Morgan fingerprint density at radius 2 is 1.68 bits per heavy atom. The zero-order valence-corrected chi connectivity index (χ0v) is 19.3. The molecule has 5 rings (SSSR count). The van der Waals surface area contributed by atoms with Crippen molar-refractivity contribution in [2.24, 2.45) is 0 Å². The van der Waals surface area contributed by atoms with Crippen molar-refractivity contribution < 1.29 is 22.8 Å². The molecule has 0 aliphatic rings. The van der Waals surface area contributed by atoms with Gasteiger partial charge in [0.1, 0.15) is 5.82 Å². The minimum atomic E-state index is -1.38. The summed E-state index contributed by atoms with van der Waals surface area (Å²) in [7, 11) is 0. The van der Waals surface area contributed by atoms with Gasteiger partial charge in [-0.1, -0.05) is 11.6 Å². The Hall–Kier alpha value is -4.77. The molecule has 2 amide bonds. The molecule has 5 aromatic rings. The third-order valence-electron chi connectivity index (χ3n) is 5.31. The molecule has 12 heteroatoms. The molecule has 8 nitrogen and oxygen atoms in total. The van der Waals surface area contributed by atoms with E-state index in [-0.39, 0.29) is 22.0 Å². The molecule has 0 aliphatic heterocycles. The van der Waals surface area contributed by atoms with Crippen molar-refractivity contribution in [1.82, 2.24) is 20.2 Å². The third-order valence-corrected chi connectivity index (χ3v) is 5.60. The van der Waals surface area contributed by atoms with Crippen LogP contribution in [0.3, 0.4) is 0 Å². The lowest BCUT2D eigenvalue weighted by Gasteiger charge is -2.11. The van der Waals surface area contributed by atoms with Crippen LogP contribution < -0.4 is 10.6 Å². The summed E-state index contributed by atoms with van der Waals surface area (Å²) in [5.41, 5.74) is 1.44. The zero-order chi connectivity index (χ0) is 26.1. The summed E-state index contributed by atoms with van der Waals surface area (Å²) in [6.07, 6.45) is 4.73. The van der Waals surface area contributed by atoms with Crippen LogP contribution in [0.2, 0.25) is 5.02 Å². The Labute approximate surface area is 211 Å². The van der Waals surface area contributed by atoms with Crippen molar-refractivity contribution in [2.45, 2.75) is 0 Å². The molecule has 0 saturated carbocycles. The number of aromatic nitrogens is 4. The topological polar surface area (TPSA) is 113 Å². The summed E-state index contributed by atoms with van der Waals surface area (Å²) in [6.45, 7) is 0. The molecule has 3 aromatic carbocycles. The highest BCUT2D eigenvalue weighted by molar-refractivity contribution is 6.31. The first-order valence-electron chi connectivity index (χ1n) is 10.6. The second kappa shape index (κ2) is 9.70. The minimum absolute atomic E-state index is 0.0343. The molecule has 0 aliphatic carbocycles. The van der Waals surface area contributed by atoms with Crippen LogP contribution in [0.1, 0.15) is 15.9 Å². The first kappa shape index (κ1) is 23.9. The smallest absolute Gasteiger partial charge is 0.308 e. The fraction of sp³-hybridized carbons (Fsp3) is 0. The number of benzene rings is 3. The van der Waals surface area contributed by atoms with E-state index in [0.29, 0.717) is 22.3 Å². The highest BCUT2D eigenvalue weighted by atomic mass is 35.5. The van der Waals surface area contributed by atoms with E-state index in [0.717, 1.165) is 18.2 Å². The fourth-order valence-corrected chi connectivity index (χ4v) is 3.71. The highest BCUT2D eigenvalue weighted by Crippen LogP contribution is 2.25. The summed E-state index contributed by atoms with van der Waals surface area (Å²) in [5.74, 6) is -4.22. The zero-order valence-electron chi connectivity index (χ0n) is 18.5. The number of nitrogens with zero attached hydrogens (tertiary/aromatic N) is 3. The number of hydrogen-bond acceptors (Lipinski definition) is 5. The van der Waals surface area contributed by atoms with E-state index >= 15 is 0 Å². The summed E-state index contributed by atoms with van der Waals surface area (Å²) in [5, 5.41) is 11.0. The number of hydrogen-bond donors (Lipinski definition) is 3. The maximum Gasteiger partial charge on any atom is 0.323 e. The number of urea groups is 1.